The normalized spacial score (nSPS) is 14.3. The molecule has 0 aromatic carbocycles. The molecule has 3 heteroatoms. The van der Waals surface area contributed by atoms with Gasteiger partial charge in [0.2, 0.25) is 9.84 Å². The zero-order valence-electron chi connectivity index (χ0n) is 9.10. The summed E-state index contributed by atoms with van der Waals surface area (Å²) in [6.45, 7) is 10.4. The summed E-state index contributed by atoms with van der Waals surface area (Å²) in [5.74, 6) is 0. The van der Waals surface area contributed by atoms with Crippen molar-refractivity contribution in [3.05, 3.63) is 59.4 Å². The molecule has 0 N–H and O–H groups in total. The van der Waals surface area contributed by atoms with Gasteiger partial charge in [0.1, 0.15) is 0 Å². The summed E-state index contributed by atoms with van der Waals surface area (Å²) in [6.07, 6.45) is 8.95. The van der Waals surface area contributed by atoms with E-state index in [9.17, 15) is 8.42 Å². The first kappa shape index (κ1) is 13.7. The highest BCUT2D eigenvalue weighted by molar-refractivity contribution is 7.99. The molecule has 0 fully saturated rings. The highest BCUT2D eigenvalue weighted by Crippen LogP contribution is 2.19. The molecule has 0 heterocycles. The van der Waals surface area contributed by atoms with E-state index >= 15 is 0 Å². The lowest BCUT2D eigenvalue weighted by Crippen LogP contribution is -2.04. The number of hydrogen-bond acceptors (Lipinski definition) is 2. The summed E-state index contributed by atoms with van der Waals surface area (Å²) in [7, 11) is -3.44. The molecular formula is C12H16O2S. The summed E-state index contributed by atoms with van der Waals surface area (Å²) < 4.78 is 23.9. The highest BCUT2D eigenvalue weighted by Gasteiger charge is 2.17. The second kappa shape index (κ2) is 6.19. The van der Waals surface area contributed by atoms with E-state index < -0.39 is 9.84 Å². The summed E-state index contributed by atoms with van der Waals surface area (Å²) in [4.78, 5) is 0.418. The van der Waals surface area contributed by atoms with Crippen LogP contribution in [0.25, 0.3) is 0 Å². The fraction of sp³-hybridized carbons (Fsp3) is 0.167. The molecule has 0 spiro atoms. The Kier molecular flexibility index (Phi) is 5.64. The predicted molar refractivity (Wildman–Crippen MR) is 66.0 cm³/mol. The van der Waals surface area contributed by atoms with Crippen molar-refractivity contribution in [1.29, 1.82) is 0 Å². The van der Waals surface area contributed by atoms with Crippen molar-refractivity contribution in [1.82, 2.24) is 0 Å². The van der Waals surface area contributed by atoms with Gasteiger partial charge < -0.3 is 0 Å². The van der Waals surface area contributed by atoms with Gasteiger partial charge in [-0.2, -0.15) is 0 Å². The number of sulfone groups is 1. The van der Waals surface area contributed by atoms with Gasteiger partial charge in [0, 0.05) is 0 Å². The van der Waals surface area contributed by atoms with Gasteiger partial charge in [-0.15, -0.1) is 0 Å². The average molecular weight is 224 g/mol. The van der Waals surface area contributed by atoms with Crippen molar-refractivity contribution >= 4 is 9.84 Å². The van der Waals surface area contributed by atoms with Gasteiger partial charge in [-0.25, -0.2) is 8.42 Å². The molecule has 0 unspecified atom stereocenters. The topological polar surface area (TPSA) is 34.1 Å². The molecule has 0 radical (unpaired) electrons. The van der Waals surface area contributed by atoms with Crippen LogP contribution in [-0.2, 0) is 9.84 Å². The molecule has 0 aromatic rings. The van der Waals surface area contributed by atoms with Gasteiger partial charge in [0.15, 0.2) is 0 Å². The maximum Gasteiger partial charge on any atom is 0.206 e. The largest absolute Gasteiger partial charge is 0.219 e. The van der Waals surface area contributed by atoms with Crippen LogP contribution in [0, 0.1) is 0 Å². The summed E-state index contributed by atoms with van der Waals surface area (Å²) >= 11 is 0. The van der Waals surface area contributed by atoms with Gasteiger partial charge in [-0.1, -0.05) is 37.5 Å². The van der Waals surface area contributed by atoms with Crippen LogP contribution in [0.2, 0.25) is 0 Å². The van der Waals surface area contributed by atoms with Crippen LogP contribution < -0.4 is 0 Å². The van der Waals surface area contributed by atoms with Crippen molar-refractivity contribution < 1.29 is 8.42 Å². The Morgan fingerprint density at radius 2 is 1.73 bits per heavy atom. The third-order valence-electron chi connectivity index (χ3n) is 1.72. The zero-order chi connectivity index (χ0) is 11.9. The standard InChI is InChI=1S/C12H16O2S/c1-5-9-11(7-3)15(13,14)12(8-4)10-6-2/h5-10H,1,3H2,2,4H3/b10-6-,11-9+,12-8+. The van der Waals surface area contributed by atoms with E-state index in [1.807, 2.05) is 0 Å². The molecule has 0 saturated heterocycles. The van der Waals surface area contributed by atoms with Gasteiger partial charge in [0.05, 0.1) is 9.81 Å². The summed E-state index contributed by atoms with van der Waals surface area (Å²) in [5, 5.41) is 0. The van der Waals surface area contributed by atoms with E-state index in [1.165, 1.54) is 18.2 Å². The third kappa shape index (κ3) is 3.36. The van der Waals surface area contributed by atoms with E-state index in [1.54, 1.807) is 32.1 Å². The Morgan fingerprint density at radius 3 is 2.07 bits per heavy atom. The number of hydrogen-bond donors (Lipinski definition) is 0. The van der Waals surface area contributed by atoms with Crippen LogP contribution in [0.15, 0.2) is 59.4 Å². The molecule has 0 aromatic heterocycles. The van der Waals surface area contributed by atoms with E-state index in [2.05, 4.69) is 13.2 Å². The maximum absolute atomic E-state index is 12.0. The van der Waals surface area contributed by atoms with Gasteiger partial charge >= 0.3 is 0 Å². The minimum absolute atomic E-state index is 0.156. The third-order valence-corrected chi connectivity index (χ3v) is 3.64. The van der Waals surface area contributed by atoms with Crippen LogP contribution in [0.3, 0.4) is 0 Å². The lowest BCUT2D eigenvalue weighted by Gasteiger charge is -2.04. The first-order valence-corrected chi connectivity index (χ1v) is 6.02. The number of rotatable bonds is 5. The van der Waals surface area contributed by atoms with Crippen LogP contribution in [-0.4, -0.2) is 8.42 Å². The molecule has 0 aliphatic heterocycles. The molecular weight excluding hydrogens is 208 g/mol. The average Bonchev–Trinajstić information content (AvgIpc) is 2.21. The van der Waals surface area contributed by atoms with Crippen molar-refractivity contribution in [2.75, 3.05) is 0 Å². The Balaban J connectivity index is 5.58. The van der Waals surface area contributed by atoms with Crippen molar-refractivity contribution in [3.63, 3.8) is 0 Å². The predicted octanol–water partition coefficient (Wildman–Crippen LogP) is 3.14. The molecule has 0 aliphatic carbocycles. The molecule has 0 rings (SSSR count). The minimum atomic E-state index is -3.44. The first-order chi connectivity index (χ1) is 7.04. The Hall–Kier alpha value is -1.35. The fourth-order valence-electron chi connectivity index (χ4n) is 1.02. The smallest absolute Gasteiger partial charge is 0.206 e. The van der Waals surface area contributed by atoms with Crippen LogP contribution in [0.1, 0.15) is 13.8 Å². The monoisotopic (exact) mass is 224 g/mol. The Morgan fingerprint density at radius 1 is 1.13 bits per heavy atom. The molecule has 0 saturated carbocycles. The fourth-order valence-corrected chi connectivity index (χ4v) is 2.42. The molecule has 0 atom stereocenters. The maximum atomic E-state index is 12.0. The van der Waals surface area contributed by atoms with Crippen molar-refractivity contribution in [3.8, 4) is 0 Å². The van der Waals surface area contributed by atoms with Crippen LogP contribution in [0.5, 0.6) is 0 Å². The Labute approximate surface area is 91.9 Å². The summed E-state index contributed by atoms with van der Waals surface area (Å²) in [5.41, 5.74) is 0. The van der Waals surface area contributed by atoms with E-state index in [0.29, 0.717) is 0 Å². The lowest BCUT2D eigenvalue weighted by atomic mass is 10.4. The molecule has 82 valence electrons. The Bertz CT molecular complexity index is 421. The van der Waals surface area contributed by atoms with Crippen LogP contribution in [0.4, 0.5) is 0 Å². The SMILES string of the molecule is C=C/C=C(\C=C)S(=O)(=O)C(/C=C\C)=C/C. The highest BCUT2D eigenvalue weighted by atomic mass is 32.2. The van der Waals surface area contributed by atoms with E-state index in [-0.39, 0.29) is 9.81 Å². The number of allylic oxidation sites excluding steroid dienone is 6. The molecule has 2 nitrogen and oxygen atoms in total. The molecule has 0 amide bonds. The van der Waals surface area contributed by atoms with Crippen molar-refractivity contribution in [2.24, 2.45) is 0 Å². The second-order valence-corrected chi connectivity index (χ2v) is 4.65. The van der Waals surface area contributed by atoms with Crippen LogP contribution >= 0.6 is 0 Å². The van der Waals surface area contributed by atoms with Crippen molar-refractivity contribution in [2.45, 2.75) is 13.8 Å². The summed E-state index contributed by atoms with van der Waals surface area (Å²) in [6, 6.07) is 0. The lowest BCUT2D eigenvalue weighted by molar-refractivity contribution is 0.609. The van der Waals surface area contributed by atoms with Gasteiger partial charge in [0.25, 0.3) is 0 Å². The quantitative estimate of drug-likeness (QED) is 0.672. The zero-order valence-corrected chi connectivity index (χ0v) is 9.92. The second-order valence-electron chi connectivity index (χ2n) is 2.70. The van der Waals surface area contributed by atoms with E-state index in [0.717, 1.165) is 0 Å². The van der Waals surface area contributed by atoms with Gasteiger partial charge in [-0.3, -0.25) is 0 Å². The first-order valence-electron chi connectivity index (χ1n) is 4.53. The molecule has 15 heavy (non-hydrogen) atoms. The minimum Gasteiger partial charge on any atom is -0.219 e. The molecule has 0 bridgehead atoms. The van der Waals surface area contributed by atoms with E-state index in [4.69, 9.17) is 0 Å². The van der Waals surface area contributed by atoms with Gasteiger partial charge in [-0.05, 0) is 26.0 Å². The molecule has 0 aliphatic rings.